The van der Waals surface area contributed by atoms with E-state index in [0.717, 1.165) is 78.1 Å². The average molecular weight is 1140 g/mol. The molecule has 2 aromatic heterocycles. The van der Waals surface area contributed by atoms with Crippen LogP contribution >= 0.6 is 0 Å². The van der Waals surface area contributed by atoms with Gasteiger partial charge in [-0.25, -0.2) is 4.98 Å². The Morgan fingerprint density at radius 3 is 1.93 bits per heavy atom. The van der Waals surface area contributed by atoms with Crippen LogP contribution in [-0.4, -0.2) is 9.55 Å². The minimum atomic E-state index is -2.81. The number of anilines is 4. The Morgan fingerprint density at radius 2 is 1.21 bits per heavy atom. The van der Waals surface area contributed by atoms with E-state index in [2.05, 4.69) is 149 Å². The van der Waals surface area contributed by atoms with Crippen LogP contribution in [0.4, 0.5) is 22.7 Å². The number of hydrogen-bond acceptors (Lipinski definition) is 4. The van der Waals surface area contributed by atoms with E-state index in [1.807, 2.05) is 85.7 Å². The third-order valence-electron chi connectivity index (χ3n) is 13.5. The molecule has 8 aromatic carbocycles. The first-order valence-corrected chi connectivity index (χ1v) is 24.5. The standard InChI is InChI=1S/C67H61N4O.Pt/c1-44-19-11-12-22-54(44)45-29-31-46(32-30-45)55-24-18-25-56(47-37-49(66(5,6)7)39-50(38-47)67(8,9)10)64(55)70-43-69(60-27-15-16-28-61(60)70)51-20-17-21-52(41-51)72-53-33-34-58-57-23-13-14-26-59(57)71(62(58)42-53)63-40-48(35-36-68-63)65(2,3)4;/h11-40,43H,1-10H3;/q-3;/i1D3,11D,12D,19D,22D,37D;. The van der Waals surface area contributed by atoms with Crippen LogP contribution in [-0.2, 0) is 37.3 Å². The maximum absolute atomic E-state index is 9.97. The van der Waals surface area contributed by atoms with Crippen LogP contribution in [0.5, 0.6) is 11.5 Å². The van der Waals surface area contributed by atoms with E-state index in [1.54, 1.807) is 12.1 Å². The molecule has 0 spiro atoms. The molecule has 73 heavy (non-hydrogen) atoms. The summed E-state index contributed by atoms with van der Waals surface area (Å²) in [5.74, 6) is 1.79. The van der Waals surface area contributed by atoms with Crippen LogP contribution in [0.25, 0.3) is 61.0 Å². The van der Waals surface area contributed by atoms with E-state index in [0.29, 0.717) is 28.8 Å². The van der Waals surface area contributed by atoms with Gasteiger partial charge in [-0.3, -0.25) is 0 Å². The largest absolute Gasteiger partial charge is 0.509 e. The first-order valence-electron chi connectivity index (χ1n) is 28.5. The predicted molar refractivity (Wildman–Crippen MR) is 301 cm³/mol. The number of rotatable bonds is 8. The minimum absolute atomic E-state index is 0. The molecule has 0 saturated carbocycles. The molecule has 0 unspecified atom stereocenters. The van der Waals surface area contributed by atoms with Gasteiger partial charge in [-0.15, -0.1) is 48.1 Å². The fourth-order valence-corrected chi connectivity index (χ4v) is 9.57. The molecule has 11 rings (SSSR count). The summed E-state index contributed by atoms with van der Waals surface area (Å²) in [6.45, 7) is 18.8. The van der Waals surface area contributed by atoms with Gasteiger partial charge < -0.3 is 19.1 Å². The van der Waals surface area contributed by atoms with Crippen LogP contribution in [0.15, 0.2) is 182 Å². The van der Waals surface area contributed by atoms with Crippen molar-refractivity contribution < 1.29 is 36.8 Å². The van der Waals surface area contributed by atoms with Crippen molar-refractivity contribution in [1.29, 1.82) is 0 Å². The van der Waals surface area contributed by atoms with Crippen molar-refractivity contribution in [2.45, 2.75) is 85.4 Å². The number of nitrogens with zero attached hydrogens (tertiary/aromatic N) is 4. The summed E-state index contributed by atoms with van der Waals surface area (Å²) in [5.41, 5.74) is 10.6. The summed E-state index contributed by atoms with van der Waals surface area (Å²) in [6, 6.07) is 53.5. The second-order valence-electron chi connectivity index (χ2n) is 21.7. The first-order chi connectivity index (χ1) is 37.8. The molecule has 5 nitrogen and oxygen atoms in total. The second-order valence-corrected chi connectivity index (χ2v) is 21.7. The molecule has 0 atom stereocenters. The Bertz CT molecular complexity index is 4090. The van der Waals surface area contributed by atoms with Gasteiger partial charge in [-0.1, -0.05) is 183 Å². The summed E-state index contributed by atoms with van der Waals surface area (Å²) in [5, 5.41) is 2.11. The van der Waals surface area contributed by atoms with Gasteiger partial charge in [-0.05, 0) is 103 Å². The molecule has 0 bridgehead atoms. The quantitative estimate of drug-likeness (QED) is 0.142. The summed E-state index contributed by atoms with van der Waals surface area (Å²) >= 11 is 0. The smallest absolute Gasteiger partial charge is 0.135 e. The van der Waals surface area contributed by atoms with Crippen molar-refractivity contribution in [2.24, 2.45) is 0 Å². The second kappa shape index (κ2) is 19.0. The third kappa shape index (κ3) is 9.41. The summed E-state index contributed by atoms with van der Waals surface area (Å²) in [6.07, 6.45) is 1.87. The molecular weight excluding hydrogens is 1070 g/mol. The number of fused-ring (bicyclic) bond motifs is 4. The van der Waals surface area contributed by atoms with Crippen LogP contribution in [0.3, 0.4) is 0 Å². The third-order valence-corrected chi connectivity index (χ3v) is 13.5. The number of para-hydroxylation sites is 4. The van der Waals surface area contributed by atoms with E-state index in [9.17, 15) is 1.37 Å². The fourth-order valence-electron chi connectivity index (χ4n) is 9.57. The number of hydrogen-bond donors (Lipinski definition) is 0. The van der Waals surface area contributed by atoms with Gasteiger partial charge in [-0.2, -0.15) is 12.1 Å². The minimum Gasteiger partial charge on any atom is -0.509 e. The van der Waals surface area contributed by atoms with Crippen molar-refractivity contribution in [3.05, 3.63) is 223 Å². The number of pyridine rings is 1. The molecule has 0 saturated heterocycles. The van der Waals surface area contributed by atoms with Crippen molar-refractivity contribution >= 4 is 44.6 Å². The zero-order chi connectivity index (χ0) is 57.0. The van der Waals surface area contributed by atoms with Crippen molar-refractivity contribution in [2.75, 3.05) is 9.80 Å². The van der Waals surface area contributed by atoms with Gasteiger partial charge in [0.25, 0.3) is 0 Å². The van der Waals surface area contributed by atoms with Crippen LogP contribution in [0.2, 0.25) is 0 Å². The zero-order valence-corrected chi connectivity index (χ0v) is 44.8. The topological polar surface area (TPSA) is 33.5 Å². The van der Waals surface area contributed by atoms with E-state index >= 15 is 0 Å². The van der Waals surface area contributed by atoms with Crippen molar-refractivity contribution in [3.63, 3.8) is 0 Å². The molecular formula is C67H61N4OPt-3. The molecule has 0 amide bonds. The zero-order valence-electron chi connectivity index (χ0n) is 50.5. The van der Waals surface area contributed by atoms with Gasteiger partial charge in [0, 0.05) is 76.6 Å². The number of ether oxygens (including phenoxy) is 1. The van der Waals surface area contributed by atoms with E-state index < -0.39 is 36.6 Å². The van der Waals surface area contributed by atoms with Crippen molar-refractivity contribution in [3.8, 4) is 50.7 Å². The maximum atomic E-state index is 9.97. The average Bonchev–Trinajstić information content (AvgIpc) is 3.98. The molecule has 368 valence electrons. The normalized spacial score (nSPS) is 14.6. The molecule has 3 heterocycles. The maximum Gasteiger partial charge on any atom is 0.135 e. The molecule has 0 radical (unpaired) electrons. The molecule has 0 N–H and O–H groups in total. The van der Waals surface area contributed by atoms with Crippen LogP contribution in [0, 0.1) is 25.7 Å². The Hall–Kier alpha value is -7.20. The number of aromatic nitrogens is 2. The summed E-state index contributed by atoms with van der Waals surface area (Å²) < 4.78 is 78.1. The van der Waals surface area contributed by atoms with Gasteiger partial charge in [0.15, 0.2) is 0 Å². The monoisotopic (exact) mass is 1140 g/mol. The van der Waals surface area contributed by atoms with Crippen LogP contribution in [0.1, 0.15) is 95.5 Å². The molecule has 1 aliphatic heterocycles. The van der Waals surface area contributed by atoms with E-state index in [1.165, 1.54) is 5.56 Å². The molecule has 6 heteroatoms. The molecule has 10 aromatic rings. The first kappa shape index (κ1) is 40.3. The van der Waals surface area contributed by atoms with Gasteiger partial charge in [0.05, 0.1) is 6.85 Å². The Morgan fingerprint density at radius 1 is 0.562 bits per heavy atom. The SMILES string of the molecule is [2H]c1c(-c2cccc(-c3ccc(-c4c([2H])c([2H])c([2H])c([2H])c4C([2H])([2H])[2H])cc3)c2N2[CH-]N(c3[c-]c(Oc4[c-]c5c(cc4)c4ccccc4n5-c4cc(C(C)(C)C)ccn4)ccc3)c3ccccc32)cc(C(C)(C)C)cc1C(C)(C)C.[Pt]. The summed E-state index contributed by atoms with van der Waals surface area (Å²) in [4.78, 5) is 9.09. The van der Waals surface area contributed by atoms with Crippen molar-refractivity contribution in [1.82, 2.24) is 9.55 Å². The fraction of sp³-hybridized carbons (Fsp3) is 0.194. The van der Waals surface area contributed by atoms with E-state index in [4.69, 9.17) is 19.3 Å². The predicted octanol–water partition coefficient (Wildman–Crippen LogP) is 18.2. The van der Waals surface area contributed by atoms with E-state index in [-0.39, 0.29) is 42.9 Å². The summed E-state index contributed by atoms with van der Waals surface area (Å²) in [7, 11) is 0. The molecule has 0 aliphatic carbocycles. The Kier molecular flexibility index (Phi) is 10.5. The molecule has 1 aliphatic rings. The van der Waals surface area contributed by atoms with Gasteiger partial charge >= 0.3 is 0 Å². The van der Waals surface area contributed by atoms with Crippen LogP contribution < -0.4 is 14.5 Å². The van der Waals surface area contributed by atoms with Gasteiger partial charge in [0.2, 0.25) is 0 Å². The Labute approximate surface area is 457 Å². The molecule has 0 fully saturated rings. The van der Waals surface area contributed by atoms with Gasteiger partial charge in [0.1, 0.15) is 5.82 Å². The number of benzene rings is 8. The Balaban J connectivity index is 0.00000736.